The van der Waals surface area contributed by atoms with Gasteiger partial charge in [-0.25, -0.2) is 4.68 Å². The molecule has 0 aliphatic carbocycles. The van der Waals surface area contributed by atoms with Crippen molar-refractivity contribution in [1.82, 2.24) is 25.5 Å². The summed E-state index contributed by atoms with van der Waals surface area (Å²) in [6.45, 7) is 0.755. The van der Waals surface area contributed by atoms with Crippen molar-refractivity contribution in [2.24, 2.45) is 0 Å². The Labute approximate surface area is 111 Å². The molecule has 0 saturated heterocycles. The Hall–Kier alpha value is -1.99. The van der Waals surface area contributed by atoms with Crippen LogP contribution in [0.25, 0.3) is 0 Å². The predicted molar refractivity (Wildman–Crippen MR) is 66.2 cm³/mol. The van der Waals surface area contributed by atoms with Gasteiger partial charge in [0.25, 0.3) is 0 Å². The molecule has 106 valence electrons. The lowest BCUT2D eigenvalue weighted by atomic mass is 10.1. The molecule has 0 saturated carbocycles. The predicted octanol–water partition coefficient (Wildman–Crippen LogP) is 0.214. The summed E-state index contributed by atoms with van der Waals surface area (Å²) >= 11 is 0. The van der Waals surface area contributed by atoms with Crippen molar-refractivity contribution in [1.29, 1.82) is 0 Å². The van der Waals surface area contributed by atoms with Crippen LogP contribution in [-0.4, -0.2) is 43.7 Å². The van der Waals surface area contributed by atoms with Gasteiger partial charge in [-0.3, -0.25) is 9.59 Å². The Morgan fingerprint density at radius 1 is 1.16 bits per heavy atom. The number of rotatable bonds is 10. The molecule has 2 N–H and O–H groups in total. The summed E-state index contributed by atoms with van der Waals surface area (Å²) in [5.41, 5.74) is 0. The van der Waals surface area contributed by atoms with Gasteiger partial charge in [0.15, 0.2) is 0 Å². The van der Waals surface area contributed by atoms with Crippen LogP contribution >= 0.6 is 0 Å². The van der Waals surface area contributed by atoms with E-state index < -0.39 is 5.97 Å². The van der Waals surface area contributed by atoms with E-state index in [0.717, 1.165) is 32.1 Å². The molecular weight excluding hydrogens is 250 g/mol. The van der Waals surface area contributed by atoms with Gasteiger partial charge in [0.05, 0.1) is 0 Å². The quantitative estimate of drug-likeness (QED) is 0.588. The lowest BCUT2D eigenvalue weighted by Crippen LogP contribution is -2.28. The van der Waals surface area contributed by atoms with Gasteiger partial charge in [0.2, 0.25) is 5.91 Å². The summed E-state index contributed by atoms with van der Waals surface area (Å²) in [5, 5.41) is 21.7. The first-order valence-electron chi connectivity index (χ1n) is 6.38. The number of carbonyl (C=O) groups is 2. The van der Waals surface area contributed by atoms with E-state index in [1.54, 1.807) is 0 Å². The summed E-state index contributed by atoms with van der Waals surface area (Å²) in [4.78, 5) is 21.7. The van der Waals surface area contributed by atoms with Gasteiger partial charge < -0.3 is 10.4 Å². The van der Waals surface area contributed by atoms with Crippen LogP contribution in [0.3, 0.4) is 0 Å². The Kier molecular flexibility index (Phi) is 7.14. The van der Waals surface area contributed by atoms with E-state index in [1.807, 2.05) is 0 Å². The standard InChI is InChI=1S/C11H19N5O3/c17-10(8-16-9-13-14-15-16)12-7-5-3-1-2-4-6-11(18)19/h9H,1-8H2,(H,12,17)(H,18,19). The van der Waals surface area contributed by atoms with E-state index in [2.05, 4.69) is 20.8 Å². The van der Waals surface area contributed by atoms with Crippen molar-refractivity contribution in [2.45, 2.75) is 45.1 Å². The Morgan fingerprint density at radius 3 is 2.58 bits per heavy atom. The van der Waals surface area contributed by atoms with Gasteiger partial charge >= 0.3 is 5.97 Å². The van der Waals surface area contributed by atoms with Crippen LogP contribution in [0, 0.1) is 0 Å². The molecule has 0 aromatic carbocycles. The van der Waals surface area contributed by atoms with E-state index in [-0.39, 0.29) is 18.9 Å². The summed E-state index contributed by atoms with van der Waals surface area (Å²) in [7, 11) is 0. The van der Waals surface area contributed by atoms with Crippen LogP contribution in [0.2, 0.25) is 0 Å². The number of aromatic nitrogens is 4. The monoisotopic (exact) mass is 269 g/mol. The van der Waals surface area contributed by atoms with Crippen LogP contribution in [0.5, 0.6) is 0 Å². The zero-order valence-corrected chi connectivity index (χ0v) is 10.8. The first-order valence-corrected chi connectivity index (χ1v) is 6.38. The zero-order valence-electron chi connectivity index (χ0n) is 10.8. The number of tetrazole rings is 1. The molecule has 1 amide bonds. The molecule has 0 aliphatic rings. The lowest BCUT2D eigenvalue weighted by molar-refractivity contribution is -0.137. The SMILES string of the molecule is O=C(O)CCCCCCCNC(=O)Cn1cnnn1. The minimum Gasteiger partial charge on any atom is -0.481 e. The number of hydrogen-bond donors (Lipinski definition) is 2. The molecule has 0 aliphatic heterocycles. The third-order valence-electron chi connectivity index (χ3n) is 2.59. The van der Waals surface area contributed by atoms with E-state index in [9.17, 15) is 9.59 Å². The van der Waals surface area contributed by atoms with Crippen LogP contribution in [0.4, 0.5) is 0 Å². The highest BCUT2D eigenvalue weighted by molar-refractivity contribution is 5.75. The number of nitrogens with one attached hydrogen (secondary N) is 1. The fourth-order valence-electron chi connectivity index (χ4n) is 1.62. The number of carboxylic acid groups (broad SMARTS) is 1. The molecule has 1 aromatic heterocycles. The molecule has 0 radical (unpaired) electrons. The number of hydrogen-bond acceptors (Lipinski definition) is 5. The van der Waals surface area contributed by atoms with Crippen molar-refractivity contribution < 1.29 is 14.7 Å². The van der Waals surface area contributed by atoms with Crippen molar-refractivity contribution in [3.05, 3.63) is 6.33 Å². The fraction of sp³-hybridized carbons (Fsp3) is 0.727. The van der Waals surface area contributed by atoms with E-state index in [4.69, 9.17) is 5.11 Å². The number of carbonyl (C=O) groups excluding carboxylic acids is 1. The Balaban J connectivity index is 1.90. The van der Waals surface area contributed by atoms with Gasteiger partial charge in [0, 0.05) is 13.0 Å². The first-order chi connectivity index (χ1) is 9.18. The molecule has 0 spiro atoms. The van der Waals surface area contributed by atoms with E-state index >= 15 is 0 Å². The summed E-state index contributed by atoms with van der Waals surface area (Å²) in [6.07, 6.45) is 6.16. The molecule has 8 heteroatoms. The minimum absolute atomic E-state index is 0.113. The maximum absolute atomic E-state index is 11.4. The number of aliphatic carboxylic acids is 1. The molecule has 1 heterocycles. The molecular formula is C11H19N5O3. The summed E-state index contributed by atoms with van der Waals surface area (Å²) in [6, 6.07) is 0. The molecule has 1 aromatic rings. The zero-order chi connectivity index (χ0) is 13.9. The van der Waals surface area contributed by atoms with Crippen LogP contribution in [0.1, 0.15) is 38.5 Å². The molecule has 19 heavy (non-hydrogen) atoms. The highest BCUT2D eigenvalue weighted by Crippen LogP contribution is 2.04. The fourth-order valence-corrected chi connectivity index (χ4v) is 1.62. The largest absolute Gasteiger partial charge is 0.481 e. The third kappa shape index (κ3) is 7.85. The van der Waals surface area contributed by atoms with Gasteiger partial charge in [-0.2, -0.15) is 0 Å². The third-order valence-corrected chi connectivity index (χ3v) is 2.59. The van der Waals surface area contributed by atoms with E-state index in [1.165, 1.54) is 11.0 Å². The number of nitrogens with zero attached hydrogens (tertiary/aromatic N) is 4. The smallest absolute Gasteiger partial charge is 0.303 e. The van der Waals surface area contributed by atoms with Crippen molar-refractivity contribution in [3.63, 3.8) is 0 Å². The average Bonchev–Trinajstić information content (AvgIpc) is 2.85. The Bertz CT molecular complexity index is 380. The van der Waals surface area contributed by atoms with Crippen LogP contribution in [0.15, 0.2) is 6.33 Å². The molecule has 1 rings (SSSR count). The summed E-state index contributed by atoms with van der Waals surface area (Å²) in [5.74, 6) is -0.854. The van der Waals surface area contributed by atoms with Crippen LogP contribution < -0.4 is 5.32 Å². The van der Waals surface area contributed by atoms with E-state index in [0.29, 0.717) is 6.54 Å². The average molecular weight is 269 g/mol. The van der Waals surface area contributed by atoms with Crippen molar-refractivity contribution >= 4 is 11.9 Å². The minimum atomic E-state index is -0.741. The van der Waals surface area contributed by atoms with Gasteiger partial charge in [0.1, 0.15) is 12.9 Å². The van der Waals surface area contributed by atoms with Crippen LogP contribution in [-0.2, 0) is 16.1 Å². The van der Waals surface area contributed by atoms with Gasteiger partial charge in [-0.1, -0.05) is 19.3 Å². The number of carboxylic acids is 1. The van der Waals surface area contributed by atoms with Crippen molar-refractivity contribution in [2.75, 3.05) is 6.54 Å². The topological polar surface area (TPSA) is 110 Å². The maximum Gasteiger partial charge on any atom is 0.303 e. The molecule has 0 bridgehead atoms. The molecule has 0 fully saturated rings. The Morgan fingerprint density at radius 2 is 1.89 bits per heavy atom. The number of amides is 1. The second kappa shape index (κ2) is 9.01. The van der Waals surface area contributed by atoms with Crippen molar-refractivity contribution in [3.8, 4) is 0 Å². The normalized spacial score (nSPS) is 10.3. The highest BCUT2D eigenvalue weighted by atomic mass is 16.4. The molecule has 8 nitrogen and oxygen atoms in total. The molecule has 0 unspecified atom stereocenters. The lowest BCUT2D eigenvalue weighted by Gasteiger charge is -2.04. The second-order valence-corrected chi connectivity index (χ2v) is 4.27. The molecule has 0 atom stereocenters. The van der Waals surface area contributed by atoms with Gasteiger partial charge in [-0.05, 0) is 23.3 Å². The summed E-state index contributed by atoms with van der Waals surface area (Å²) < 4.78 is 1.36. The first kappa shape index (κ1) is 15.1. The second-order valence-electron chi connectivity index (χ2n) is 4.27. The maximum atomic E-state index is 11.4. The number of unbranched alkanes of at least 4 members (excludes halogenated alkanes) is 4. The van der Waals surface area contributed by atoms with Gasteiger partial charge in [-0.15, -0.1) is 5.10 Å². The highest BCUT2D eigenvalue weighted by Gasteiger charge is 2.02.